The van der Waals surface area contributed by atoms with Gasteiger partial charge in [-0.3, -0.25) is 4.79 Å². The Labute approximate surface area is 126 Å². The minimum Gasteiger partial charge on any atom is -0.396 e. The van der Waals surface area contributed by atoms with Gasteiger partial charge in [-0.1, -0.05) is 13.8 Å². The van der Waals surface area contributed by atoms with Crippen LogP contribution in [-0.2, 0) is 0 Å². The molecule has 1 heterocycles. The average molecular weight is 291 g/mol. The van der Waals surface area contributed by atoms with Gasteiger partial charge in [0.25, 0.3) is 5.91 Å². The summed E-state index contributed by atoms with van der Waals surface area (Å²) >= 11 is 0. The van der Waals surface area contributed by atoms with Crippen LogP contribution in [-0.4, -0.2) is 34.1 Å². The Kier molecular flexibility index (Phi) is 5.67. The maximum atomic E-state index is 12.2. The first-order valence-electron chi connectivity index (χ1n) is 7.82. The molecule has 1 amide bonds. The number of aliphatic hydroxyl groups excluding tert-OH is 1. The Morgan fingerprint density at radius 2 is 2.24 bits per heavy atom. The average Bonchev–Trinajstić information content (AvgIpc) is 3.29. The summed E-state index contributed by atoms with van der Waals surface area (Å²) in [5.74, 6) is 1.95. The van der Waals surface area contributed by atoms with E-state index in [1.807, 2.05) is 0 Å². The van der Waals surface area contributed by atoms with E-state index in [0.717, 1.165) is 31.5 Å². The zero-order valence-corrected chi connectivity index (χ0v) is 12.9. The second-order valence-electron chi connectivity index (χ2n) is 6.29. The summed E-state index contributed by atoms with van der Waals surface area (Å²) in [6.45, 7) is 5.05. The highest BCUT2D eigenvalue weighted by Gasteiger charge is 2.27. The molecule has 21 heavy (non-hydrogen) atoms. The smallest absolute Gasteiger partial charge is 0.270 e. The molecule has 116 valence electrons. The van der Waals surface area contributed by atoms with Gasteiger partial charge in [0, 0.05) is 25.3 Å². The molecule has 1 saturated carbocycles. The third-order valence-corrected chi connectivity index (χ3v) is 3.74. The van der Waals surface area contributed by atoms with Crippen LogP contribution in [0.2, 0.25) is 0 Å². The van der Waals surface area contributed by atoms with Crippen molar-refractivity contribution in [3.05, 3.63) is 23.8 Å². The van der Waals surface area contributed by atoms with Crippen molar-refractivity contribution in [1.29, 1.82) is 0 Å². The lowest BCUT2D eigenvalue weighted by atomic mass is 9.94. The molecule has 5 heteroatoms. The molecule has 1 aromatic heterocycles. The van der Waals surface area contributed by atoms with Gasteiger partial charge in [-0.05, 0) is 43.6 Å². The molecule has 0 saturated heterocycles. The summed E-state index contributed by atoms with van der Waals surface area (Å²) in [4.78, 5) is 20.7. The van der Waals surface area contributed by atoms with E-state index in [2.05, 4.69) is 29.1 Å². The minimum atomic E-state index is -0.147. The first-order chi connectivity index (χ1) is 10.1. The molecule has 0 spiro atoms. The molecule has 1 aliphatic carbocycles. The highest BCUT2D eigenvalue weighted by Crippen LogP contribution is 2.37. The zero-order chi connectivity index (χ0) is 15.2. The van der Waals surface area contributed by atoms with E-state index in [0.29, 0.717) is 30.0 Å². The summed E-state index contributed by atoms with van der Waals surface area (Å²) in [7, 11) is 0. The van der Waals surface area contributed by atoms with Crippen LogP contribution in [0.1, 0.15) is 61.8 Å². The van der Waals surface area contributed by atoms with Crippen LogP contribution in [0.15, 0.2) is 12.3 Å². The largest absolute Gasteiger partial charge is 0.396 e. The fraction of sp³-hybridized carbons (Fsp3) is 0.688. The van der Waals surface area contributed by atoms with Gasteiger partial charge in [-0.25, -0.2) is 9.97 Å². The van der Waals surface area contributed by atoms with E-state index in [1.54, 1.807) is 12.3 Å². The predicted octanol–water partition coefficient (Wildman–Crippen LogP) is 2.13. The summed E-state index contributed by atoms with van der Waals surface area (Å²) in [5, 5.41) is 12.0. The quantitative estimate of drug-likeness (QED) is 0.769. The van der Waals surface area contributed by atoms with Crippen molar-refractivity contribution in [3.8, 4) is 0 Å². The number of amides is 1. The molecule has 0 aliphatic heterocycles. The third kappa shape index (κ3) is 5.08. The molecule has 0 aromatic carbocycles. The molecular weight excluding hydrogens is 266 g/mol. The minimum absolute atomic E-state index is 0.147. The molecule has 1 aliphatic rings. The van der Waals surface area contributed by atoms with Crippen molar-refractivity contribution in [3.63, 3.8) is 0 Å². The van der Waals surface area contributed by atoms with Crippen LogP contribution in [0, 0.1) is 11.8 Å². The standard InChI is InChI=1S/C16H25N3O2/c1-11(2)9-12(6-8-20)10-18-16(21)14-5-7-17-15(19-14)13-3-4-13/h5,7,11-13,20H,3-4,6,8-10H2,1-2H3,(H,18,21). The molecule has 1 aromatic rings. The number of nitrogens with zero attached hydrogens (tertiary/aromatic N) is 2. The molecule has 1 fully saturated rings. The first-order valence-corrected chi connectivity index (χ1v) is 7.82. The van der Waals surface area contributed by atoms with Crippen molar-refractivity contribution in [2.75, 3.05) is 13.2 Å². The highest BCUT2D eigenvalue weighted by molar-refractivity contribution is 5.92. The Bertz CT molecular complexity index is 472. The topological polar surface area (TPSA) is 75.1 Å². The first kappa shape index (κ1) is 15.9. The van der Waals surface area contributed by atoms with Crippen LogP contribution in [0.4, 0.5) is 0 Å². The van der Waals surface area contributed by atoms with E-state index < -0.39 is 0 Å². The highest BCUT2D eigenvalue weighted by atomic mass is 16.3. The number of rotatable bonds is 8. The van der Waals surface area contributed by atoms with Gasteiger partial charge in [0.05, 0.1) is 0 Å². The lowest BCUT2D eigenvalue weighted by Gasteiger charge is -2.18. The molecule has 1 atom stereocenters. The van der Waals surface area contributed by atoms with Gasteiger partial charge >= 0.3 is 0 Å². The van der Waals surface area contributed by atoms with E-state index in [-0.39, 0.29) is 12.5 Å². The molecule has 2 rings (SSSR count). The van der Waals surface area contributed by atoms with Crippen LogP contribution in [0.25, 0.3) is 0 Å². The van der Waals surface area contributed by atoms with Crippen molar-refractivity contribution < 1.29 is 9.90 Å². The summed E-state index contributed by atoms with van der Waals surface area (Å²) in [5.41, 5.74) is 0.444. The van der Waals surface area contributed by atoms with Crippen LogP contribution < -0.4 is 5.32 Å². The molecule has 2 N–H and O–H groups in total. The summed E-state index contributed by atoms with van der Waals surface area (Å²) in [6.07, 6.45) is 5.62. The second-order valence-corrected chi connectivity index (χ2v) is 6.29. The maximum Gasteiger partial charge on any atom is 0.270 e. The van der Waals surface area contributed by atoms with E-state index in [4.69, 9.17) is 5.11 Å². The van der Waals surface area contributed by atoms with E-state index >= 15 is 0 Å². The fourth-order valence-electron chi connectivity index (χ4n) is 2.52. The maximum absolute atomic E-state index is 12.2. The second kappa shape index (κ2) is 7.50. The monoisotopic (exact) mass is 291 g/mol. The summed E-state index contributed by atoms with van der Waals surface area (Å²) in [6, 6.07) is 1.66. The lowest BCUT2D eigenvalue weighted by molar-refractivity contribution is 0.0936. The SMILES string of the molecule is CC(C)CC(CCO)CNC(=O)c1ccnc(C2CC2)n1. The molecule has 1 unspecified atom stereocenters. The lowest BCUT2D eigenvalue weighted by Crippen LogP contribution is -2.31. The normalized spacial score (nSPS) is 16.0. The fourth-order valence-corrected chi connectivity index (χ4v) is 2.52. The van der Waals surface area contributed by atoms with Crippen molar-refractivity contribution in [2.45, 2.75) is 45.4 Å². The molecule has 0 bridgehead atoms. The Balaban J connectivity index is 1.89. The Hall–Kier alpha value is -1.49. The molecule has 0 radical (unpaired) electrons. The van der Waals surface area contributed by atoms with Crippen molar-refractivity contribution in [2.24, 2.45) is 11.8 Å². The zero-order valence-electron chi connectivity index (χ0n) is 12.9. The number of aromatic nitrogens is 2. The van der Waals surface area contributed by atoms with Gasteiger partial charge < -0.3 is 10.4 Å². The number of hydrogen-bond acceptors (Lipinski definition) is 4. The predicted molar refractivity (Wildman–Crippen MR) is 81.0 cm³/mol. The molecular formula is C16H25N3O2. The van der Waals surface area contributed by atoms with E-state index in [9.17, 15) is 4.79 Å². The Morgan fingerprint density at radius 3 is 2.86 bits per heavy atom. The number of hydrogen-bond donors (Lipinski definition) is 2. The summed E-state index contributed by atoms with van der Waals surface area (Å²) < 4.78 is 0. The van der Waals surface area contributed by atoms with Crippen LogP contribution >= 0.6 is 0 Å². The van der Waals surface area contributed by atoms with Gasteiger partial charge in [0.15, 0.2) is 0 Å². The van der Waals surface area contributed by atoms with Crippen LogP contribution in [0.3, 0.4) is 0 Å². The van der Waals surface area contributed by atoms with Crippen molar-refractivity contribution >= 4 is 5.91 Å². The number of carbonyl (C=O) groups excluding carboxylic acids is 1. The number of aliphatic hydroxyl groups is 1. The van der Waals surface area contributed by atoms with Gasteiger partial charge in [0.1, 0.15) is 11.5 Å². The van der Waals surface area contributed by atoms with Crippen LogP contribution in [0.5, 0.6) is 0 Å². The number of carbonyl (C=O) groups is 1. The number of nitrogens with one attached hydrogen (secondary N) is 1. The molecule has 5 nitrogen and oxygen atoms in total. The van der Waals surface area contributed by atoms with Gasteiger partial charge in [0.2, 0.25) is 0 Å². The van der Waals surface area contributed by atoms with Crippen molar-refractivity contribution in [1.82, 2.24) is 15.3 Å². The van der Waals surface area contributed by atoms with E-state index in [1.165, 1.54) is 0 Å². The Morgan fingerprint density at radius 1 is 1.48 bits per heavy atom. The third-order valence-electron chi connectivity index (χ3n) is 3.74. The van der Waals surface area contributed by atoms with Gasteiger partial charge in [-0.15, -0.1) is 0 Å². The van der Waals surface area contributed by atoms with Gasteiger partial charge in [-0.2, -0.15) is 0 Å².